The third kappa shape index (κ3) is 7.03. The molecule has 0 saturated carbocycles. The summed E-state index contributed by atoms with van der Waals surface area (Å²) in [5.41, 5.74) is 0.732. The van der Waals surface area contributed by atoms with Crippen LogP contribution in [0.1, 0.15) is 39.7 Å². The number of rotatable bonds is 7. The van der Waals surface area contributed by atoms with Gasteiger partial charge in [-0.3, -0.25) is 0 Å². The molecule has 1 heterocycles. The number of hydrogen-bond donors (Lipinski definition) is 2. The largest absolute Gasteiger partial charge is 0.488 e. The van der Waals surface area contributed by atoms with Gasteiger partial charge in [0.2, 0.25) is 10.0 Å². The molecule has 1 saturated heterocycles. The molecule has 1 fully saturated rings. The second-order valence-corrected chi connectivity index (χ2v) is 9.60. The summed E-state index contributed by atoms with van der Waals surface area (Å²) in [6.07, 6.45) is 0.709. The molecule has 0 bridgehead atoms. The van der Waals surface area contributed by atoms with E-state index in [9.17, 15) is 8.42 Å². The zero-order valence-electron chi connectivity index (χ0n) is 16.8. The van der Waals surface area contributed by atoms with Crippen molar-refractivity contribution in [2.75, 3.05) is 31.9 Å². The summed E-state index contributed by atoms with van der Waals surface area (Å²) in [4.78, 5) is 4.62. The second-order valence-electron chi connectivity index (χ2n) is 7.51. The summed E-state index contributed by atoms with van der Waals surface area (Å²) in [5, 5.41) is 6.41. The summed E-state index contributed by atoms with van der Waals surface area (Å²) in [5.74, 6) is 1.75. The third-order valence-corrected chi connectivity index (χ3v) is 5.95. The number of aliphatic imine (C=N–C) groups is 1. The van der Waals surface area contributed by atoms with Gasteiger partial charge in [-0.1, -0.05) is 18.2 Å². The van der Waals surface area contributed by atoms with Crippen molar-refractivity contribution < 1.29 is 13.2 Å². The Hall–Kier alpha value is -1.80. The molecule has 27 heavy (non-hydrogen) atoms. The van der Waals surface area contributed by atoms with Gasteiger partial charge in [-0.05, 0) is 40.2 Å². The van der Waals surface area contributed by atoms with Gasteiger partial charge in [0.05, 0.1) is 12.3 Å². The highest BCUT2D eigenvalue weighted by molar-refractivity contribution is 7.89. The molecule has 2 N–H and O–H groups in total. The lowest BCUT2D eigenvalue weighted by Gasteiger charge is -2.23. The van der Waals surface area contributed by atoms with Crippen LogP contribution in [0.4, 0.5) is 0 Å². The molecule has 2 rings (SSSR count). The maximum atomic E-state index is 11.9. The highest BCUT2D eigenvalue weighted by Crippen LogP contribution is 2.23. The molecule has 0 unspecified atom stereocenters. The van der Waals surface area contributed by atoms with Gasteiger partial charge in [0.25, 0.3) is 0 Å². The van der Waals surface area contributed by atoms with Gasteiger partial charge in [0.15, 0.2) is 5.96 Å². The second kappa shape index (κ2) is 9.41. The molecule has 1 aromatic rings. The van der Waals surface area contributed by atoms with E-state index < -0.39 is 10.0 Å². The van der Waals surface area contributed by atoms with Crippen LogP contribution in [0.5, 0.6) is 5.75 Å². The molecule has 0 atom stereocenters. The Morgan fingerprint density at radius 3 is 2.63 bits per heavy atom. The SMILES string of the molecule is CCNC(=NCc1ccccc1OC(C)(C)C)NCCN1CCCS1(=O)=O. The molecule has 0 aliphatic carbocycles. The summed E-state index contributed by atoms with van der Waals surface area (Å²) in [6, 6.07) is 7.88. The van der Waals surface area contributed by atoms with Gasteiger partial charge in [-0.2, -0.15) is 0 Å². The van der Waals surface area contributed by atoms with Crippen molar-refractivity contribution in [3.05, 3.63) is 29.8 Å². The maximum Gasteiger partial charge on any atom is 0.214 e. The molecule has 0 amide bonds. The van der Waals surface area contributed by atoms with Crippen LogP contribution in [-0.2, 0) is 16.6 Å². The van der Waals surface area contributed by atoms with E-state index in [2.05, 4.69) is 15.6 Å². The number of sulfonamides is 1. The van der Waals surface area contributed by atoms with Crippen LogP contribution in [-0.4, -0.2) is 56.2 Å². The minimum Gasteiger partial charge on any atom is -0.488 e. The van der Waals surface area contributed by atoms with Gasteiger partial charge in [-0.15, -0.1) is 0 Å². The topological polar surface area (TPSA) is 83.0 Å². The summed E-state index contributed by atoms with van der Waals surface area (Å²) >= 11 is 0. The molecular weight excluding hydrogens is 364 g/mol. The van der Waals surface area contributed by atoms with Gasteiger partial charge in [0.1, 0.15) is 11.4 Å². The Morgan fingerprint density at radius 1 is 1.26 bits per heavy atom. The fraction of sp³-hybridized carbons (Fsp3) is 0.632. The maximum absolute atomic E-state index is 11.9. The van der Waals surface area contributed by atoms with Gasteiger partial charge < -0.3 is 15.4 Å². The van der Waals surface area contributed by atoms with Gasteiger partial charge >= 0.3 is 0 Å². The quantitative estimate of drug-likeness (QED) is 0.544. The van der Waals surface area contributed by atoms with Crippen LogP contribution in [0.25, 0.3) is 0 Å². The molecule has 1 aliphatic rings. The van der Waals surface area contributed by atoms with Crippen LogP contribution in [0.2, 0.25) is 0 Å². The zero-order valence-corrected chi connectivity index (χ0v) is 17.6. The standard InChI is InChI=1S/C19H32N4O3S/c1-5-20-18(21-11-13-23-12-8-14-27(23,24)25)22-15-16-9-6-7-10-17(16)26-19(2,3)4/h6-7,9-10H,5,8,11-15H2,1-4H3,(H2,20,21,22). The molecule has 1 aliphatic heterocycles. The summed E-state index contributed by atoms with van der Waals surface area (Å²) < 4.78 is 31.3. The normalized spacial score (nSPS) is 17.7. The lowest BCUT2D eigenvalue weighted by atomic mass is 10.1. The molecule has 1 aromatic carbocycles. The Balaban J connectivity index is 1.97. The van der Waals surface area contributed by atoms with Crippen molar-refractivity contribution >= 4 is 16.0 Å². The lowest BCUT2D eigenvalue weighted by Crippen LogP contribution is -2.42. The third-order valence-electron chi connectivity index (χ3n) is 4.00. The molecular formula is C19H32N4O3S. The monoisotopic (exact) mass is 396 g/mol. The van der Waals surface area contributed by atoms with Crippen molar-refractivity contribution in [2.24, 2.45) is 4.99 Å². The fourth-order valence-corrected chi connectivity index (χ4v) is 4.34. The molecule has 7 nitrogen and oxygen atoms in total. The number of guanidine groups is 1. The average Bonchev–Trinajstić information content (AvgIpc) is 2.91. The first-order valence-electron chi connectivity index (χ1n) is 9.48. The Bertz CT molecular complexity index is 742. The molecule has 8 heteroatoms. The fourth-order valence-electron chi connectivity index (χ4n) is 2.81. The summed E-state index contributed by atoms with van der Waals surface area (Å²) in [6.45, 7) is 10.8. The Labute approximate surface area is 163 Å². The Morgan fingerprint density at radius 2 is 2.00 bits per heavy atom. The smallest absolute Gasteiger partial charge is 0.214 e. The van der Waals surface area contributed by atoms with E-state index >= 15 is 0 Å². The highest BCUT2D eigenvalue weighted by Gasteiger charge is 2.27. The van der Waals surface area contributed by atoms with E-state index in [1.165, 1.54) is 4.31 Å². The molecule has 0 aromatic heterocycles. The van der Waals surface area contributed by atoms with Crippen LogP contribution in [0.3, 0.4) is 0 Å². The van der Waals surface area contributed by atoms with Crippen molar-refractivity contribution in [1.82, 2.24) is 14.9 Å². The van der Waals surface area contributed by atoms with Crippen molar-refractivity contribution in [3.63, 3.8) is 0 Å². The van der Waals surface area contributed by atoms with Gasteiger partial charge in [-0.25, -0.2) is 17.7 Å². The number of benzene rings is 1. The van der Waals surface area contributed by atoms with E-state index in [1.807, 2.05) is 52.0 Å². The highest BCUT2D eigenvalue weighted by atomic mass is 32.2. The van der Waals surface area contributed by atoms with E-state index in [-0.39, 0.29) is 11.4 Å². The summed E-state index contributed by atoms with van der Waals surface area (Å²) in [7, 11) is -3.06. The first-order valence-corrected chi connectivity index (χ1v) is 11.1. The van der Waals surface area contributed by atoms with Crippen LogP contribution in [0.15, 0.2) is 29.3 Å². The van der Waals surface area contributed by atoms with Gasteiger partial charge in [0, 0.05) is 31.7 Å². The van der Waals surface area contributed by atoms with E-state index in [0.717, 1.165) is 17.9 Å². The zero-order chi connectivity index (χ0) is 19.9. The predicted octanol–water partition coefficient (Wildman–Crippen LogP) is 1.95. The van der Waals surface area contributed by atoms with Crippen LogP contribution >= 0.6 is 0 Å². The van der Waals surface area contributed by atoms with E-state index in [0.29, 0.717) is 38.6 Å². The lowest BCUT2D eigenvalue weighted by molar-refractivity contribution is 0.129. The number of nitrogens with one attached hydrogen (secondary N) is 2. The van der Waals surface area contributed by atoms with Crippen molar-refractivity contribution in [2.45, 2.75) is 46.3 Å². The molecule has 0 radical (unpaired) electrons. The molecule has 152 valence electrons. The number of hydrogen-bond acceptors (Lipinski definition) is 4. The first kappa shape index (κ1) is 21.5. The minimum absolute atomic E-state index is 0.256. The van der Waals surface area contributed by atoms with Crippen LogP contribution < -0.4 is 15.4 Å². The average molecular weight is 397 g/mol. The van der Waals surface area contributed by atoms with Crippen molar-refractivity contribution in [3.8, 4) is 5.75 Å². The minimum atomic E-state index is -3.06. The van der Waals surface area contributed by atoms with E-state index in [1.54, 1.807) is 0 Å². The van der Waals surface area contributed by atoms with Crippen molar-refractivity contribution in [1.29, 1.82) is 0 Å². The number of nitrogens with zero attached hydrogens (tertiary/aromatic N) is 2. The number of para-hydroxylation sites is 1. The van der Waals surface area contributed by atoms with E-state index in [4.69, 9.17) is 4.74 Å². The first-order chi connectivity index (χ1) is 12.7. The Kier molecular flexibility index (Phi) is 7.49. The molecule has 0 spiro atoms. The predicted molar refractivity (Wildman–Crippen MR) is 110 cm³/mol. The number of ether oxygens (including phenoxy) is 1. The van der Waals surface area contributed by atoms with Crippen LogP contribution in [0, 0.1) is 0 Å².